The largest absolute Gasteiger partial charge is 0.368 e. The summed E-state index contributed by atoms with van der Waals surface area (Å²) in [4.78, 5) is 5.75. The maximum Gasteiger partial charge on any atom is 0.168 e. The molecule has 0 saturated heterocycles. The average molecular weight is 275 g/mol. The summed E-state index contributed by atoms with van der Waals surface area (Å²) in [6.45, 7) is 4.36. The van der Waals surface area contributed by atoms with Gasteiger partial charge in [0.05, 0.1) is 0 Å². The second-order valence-corrected chi connectivity index (χ2v) is 4.98. The number of hydrogen-bond acceptors (Lipinski definition) is 4. The number of nitrogens with one attached hydrogen (secondary N) is 1. The highest BCUT2D eigenvalue weighted by Crippen LogP contribution is 2.23. The summed E-state index contributed by atoms with van der Waals surface area (Å²) in [6.07, 6.45) is 1.99. The minimum atomic E-state index is -0.663. The van der Waals surface area contributed by atoms with Crippen LogP contribution in [0.15, 0.2) is 6.07 Å². The third-order valence-electron chi connectivity index (χ3n) is 2.66. The van der Waals surface area contributed by atoms with Gasteiger partial charge in [-0.25, -0.2) is 13.8 Å². The van der Waals surface area contributed by atoms with Crippen LogP contribution >= 0.6 is 11.8 Å². The summed E-state index contributed by atoms with van der Waals surface area (Å²) in [5.74, 6) is -0.175. The summed E-state index contributed by atoms with van der Waals surface area (Å²) in [6, 6.07) is 1.00. The average Bonchev–Trinajstić information content (AvgIpc) is 2.32. The summed E-state index contributed by atoms with van der Waals surface area (Å²) < 4.78 is 27.2. The number of halogens is 2. The quantitative estimate of drug-likeness (QED) is 0.864. The molecule has 1 aromatic heterocycles. The molecular weight excluding hydrogens is 256 g/mol. The second kappa shape index (κ2) is 6.78. The predicted octanol–water partition coefficient (Wildman–Crippen LogP) is 2.98. The van der Waals surface area contributed by atoms with Crippen molar-refractivity contribution >= 4 is 23.4 Å². The van der Waals surface area contributed by atoms with Gasteiger partial charge in [-0.15, -0.1) is 0 Å². The Balaban J connectivity index is 3.03. The van der Waals surface area contributed by atoms with Crippen molar-refractivity contribution in [1.82, 2.24) is 4.98 Å². The van der Waals surface area contributed by atoms with Crippen LogP contribution in [0.4, 0.5) is 20.4 Å². The molecule has 0 amide bonds. The molecule has 1 N–H and O–H groups in total. The Labute approximate surface area is 111 Å². The molecule has 0 aliphatic carbocycles. The Hall–Kier alpha value is -1.04. The van der Waals surface area contributed by atoms with Crippen molar-refractivity contribution in [3.63, 3.8) is 0 Å². The maximum absolute atomic E-state index is 13.7. The molecule has 0 aromatic carbocycles. The molecule has 0 radical (unpaired) electrons. The molecule has 1 atom stereocenters. The summed E-state index contributed by atoms with van der Waals surface area (Å²) >= 11 is 1.67. The zero-order valence-corrected chi connectivity index (χ0v) is 11.9. The molecule has 1 heterocycles. The van der Waals surface area contributed by atoms with E-state index in [9.17, 15) is 8.78 Å². The minimum Gasteiger partial charge on any atom is -0.368 e. The lowest BCUT2D eigenvalue weighted by Crippen LogP contribution is -2.32. The number of hydrogen-bond donors (Lipinski definition) is 1. The molecule has 0 aliphatic heterocycles. The van der Waals surface area contributed by atoms with Crippen LogP contribution in [0.1, 0.15) is 13.8 Å². The topological polar surface area (TPSA) is 28.2 Å². The van der Waals surface area contributed by atoms with E-state index in [1.54, 1.807) is 23.7 Å². The van der Waals surface area contributed by atoms with E-state index < -0.39 is 11.6 Å². The molecule has 3 nitrogen and oxygen atoms in total. The first-order chi connectivity index (χ1) is 8.51. The molecule has 0 bridgehead atoms. The Morgan fingerprint density at radius 2 is 2.11 bits per heavy atom. The molecule has 0 saturated carbocycles. The molecule has 0 aliphatic rings. The van der Waals surface area contributed by atoms with Crippen LogP contribution in [-0.4, -0.2) is 36.6 Å². The monoisotopic (exact) mass is 275 g/mol. The van der Waals surface area contributed by atoms with E-state index in [4.69, 9.17) is 0 Å². The molecule has 1 rings (SSSR count). The molecular formula is C12H19F2N3S. The first kappa shape index (κ1) is 15.0. The van der Waals surface area contributed by atoms with Crippen LogP contribution in [0.5, 0.6) is 0 Å². The summed E-state index contributed by atoms with van der Waals surface area (Å²) in [5.41, 5.74) is 0. The van der Waals surface area contributed by atoms with Crippen molar-refractivity contribution in [2.75, 3.05) is 35.8 Å². The minimum absolute atomic E-state index is 0.0945. The van der Waals surface area contributed by atoms with Crippen LogP contribution in [-0.2, 0) is 0 Å². The van der Waals surface area contributed by atoms with Crippen molar-refractivity contribution in [3.8, 4) is 0 Å². The molecule has 18 heavy (non-hydrogen) atoms. The van der Waals surface area contributed by atoms with Crippen molar-refractivity contribution in [3.05, 3.63) is 17.7 Å². The number of pyridine rings is 1. The number of anilines is 2. The predicted molar refractivity (Wildman–Crippen MR) is 74.6 cm³/mol. The second-order valence-electron chi connectivity index (χ2n) is 4.07. The van der Waals surface area contributed by atoms with E-state index in [2.05, 4.69) is 10.3 Å². The van der Waals surface area contributed by atoms with Crippen LogP contribution in [0.25, 0.3) is 0 Å². The van der Waals surface area contributed by atoms with Gasteiger partial charge in [0.2, 0.25) is 0 Å². The van der Waals surface area contributed by atoms with Crippen LogP contribution in [0.2, 0.25) is 0 Å². The fraction of sp³-hybridized carbons (Fsp3) is 0.583. The Morgan fingerprint density at radius 1 is 1.44 bits per heavy atom. The van der Waals surface area contributed by atoms with Gasteiger partial charge in [0.25, 0.3) is 0 Å². The van der Waals surface area contributed by atoms with Gasteiger partial charge in [-0.2, -0.15) is 11.8 Å². The van der Waals surface area contributed by atoms with E-state index >= 15 is 0 Å². The lowest BCUT2D eigenvalue weighted by atomic mass is 10.3. The molecule has 6 heteroatoms. The van der Waals surface area contributed by atoms with E-state index in [0.29, 0.717) is 6.54 Å². The van der Waals surface area contributed by atoms with Gasteiger partial charge in [0.15, 0.2) is 23.3 Å². The number of rotatable bonds is 6. The van der Waals surface area contributed by atoms with Crippen LogP contribution in [0, 0.1) is 11.6 Å². The van der Waals surface area contributed by atoms with Crippen molar-refractivity contribution < 1.29 is 8.78 Å². The lowest BCUT2D eigenvalue weighted by Gasteiger charge is -2.26. The fourth-order valence-electron chi connectivity index (χ4n) is 1.56. The first-order valence-corrected chi connectivity index (χ1v) is 7.22. The SMILES string of the molecule is CCNc1nc(N(C)C(C)CSC)c(F)cc1F. The van der Waals surface area contributed by atoms with Crippen molar-refractivity contribution in [2.45, 2.75) is 19.9 Å². The van der Waals surface area contributed by atoms with Gasteiger partial charge in [-0.1, -0.05) is 0 Å². The van der Waals surface area contributed by atoms with Gasteiger partial charge in [0, 0.05) is 31.5 Å². The molecule has 102 valence electrons. The number of aromatic nitrogens is 1. The normalized spacial score (nSPS) is 12.3. The van der Waals surface area contributed by atoms with Crippen molar-refractivity contribution in [2.24, 2.45) is 0 Å². The smallest absolute Gasteiger partial charge is 0.168 e. The Bertz CT molecular complexity index is 401. The van der Waals surface area contributed by atoms with Gasteiger partial charge in [-0.05, 0) is 20.1 Å². The summed E-state index contributed by atoms with van der Waals surface area (Å²) in [7, 11) is 1.76. The van der Waals surface area contributed by atoms with Crippen LogP contribution in [0.3, 0.4) is 0 Å². The van der Waals surface area contributed by atoms with E-state index in [1.165, 1.54) is 0 Å². The third kappa shape index (κ3) is 3.48. The standard InChI is InChI=1S/C12H19F2N3S/c1-5-15-11-9(13)6-10(14)12(16-11)17(3)8(2)7-18-4/h6,8H,5,7H2,1-4H3,(H,15,16). The fourth-order valence-corrected chi connectivity index (χ4v) is 2.26. The zero-order chi connectivity index (χ0) is 13.7. The Morgan fingerprint density at radius 3 is 2.67 bits per heavy atom. The highest BCUT2D eigenvalue weighted by atomic mass is 32.2. The molecule has 1 aromatic rings. The maximum atomic E-state index is 13.7. The number of nitrogens with zero attached hydrogens (tertiary/aromatic N) is 2. The van der Waals surface area contributed by atoms with E-state index in [1.807, 2.05) is 20.1 Å². The first-order valence-electron chi connectivity index (χ1n) is 5.82. The summed E-state index contributed by atoms with van der Waals surface area (Å²) in [5, 5.41) is 2.78. The van der Waals surface area contributed by atoms with Gasteiger partial charge in [-0.3, -0.25) is 0 Å². The highest BCUT2D eigenvalue weighted by Gasteiger charge is 2.18. The lowest BCUT2D eigenvalue weighted by molar-refractivity contribution is 0.568. The molecule has 0 fully saturated rings. The van der Waals surface area contributed by atoms with Crippen LogP contribution < -0.4 is 10.2 Å². The van der Waals surface area contributed by atoms with Gasteiger partial charge >= 0.3 is 0 Å². The van der Waals surface area contributed by atoms with E-state index in [-0.39, 0.29) is 17.7 Å². The Kier molecular flexibility index (Phi) is 5.65. The van der Waals surface area contributed by atoms with Crippen molar-refractivity contribution in [1.29, 1.82) is 0 Å². The van der Waals surface area contributed by atoms with Gasteiger partial charge < -0.3 is 10.2 Å². The van der Waals surface area contributed by atoms with E-state index in [0.717, 1.165) is 11.8 Å². The third-order valence-corrected chi connectivity index (χ3v) is 3.47. The molecule has 0 spiro atoms. The van der Waals surface area contributed by atoms with Gasteiger partial charge in [0.1, 0.15) is 0 Å². The number of thioether (sulfide) groups is 1. The molecule has 1 unspecified atom stereocenters. The zero-order valence-electron chi connectivity index (χ0n) is 11.1. The highest BCUT2D eigenvalue weighted by molar-refractivity contribution is 7.98.